The van der Waals surface area contributed by atoms with Gasteiger partial charge in [0.25, 0.3) is 0 Å². The Morgan fingerprint density at radius 3 is 2.56 bits per heavy atom. The quantitative estimate of drug-likeness (QED) is 0.868. The molecule has 5 heteroatoms. The largest absolute Gasteiger partial charge is 0.328 e. The van der Waals surface area contributed by atoms with Gasteiger partial charge in [-0.25, -0.2) is 4.39 Å². The van der Waals surface area contributed by atoms with Crippen molar-refractivity contribution in [1.82, 2.24) is 9.78 Å². The van der Waals surface area contributed by atoms with E-state index >= 15 is 0 Å². The van der Waals surface area contributed by atoms with E-state index in [1.807, 2.05) is 13.8 Å². The van der Waals surface area contributed by atoms with E-state index in [1.165, 1.54) is 6.92 Å². The molecule has 1 heterocycles. The number of rotatable bonds is 5. The van der Waals surface area contributed by atoms with Gasteiger partial charge in [-0.2, -0.15) is 5.10 Å². The van der Waals surface area contributed by atoms with Crippen molar-refractivity contribution in [2.75, 3.05) is 6.54 Å². The smallest absolute Gasteiger partial charge is 0.126 e. The summed E-state index contributed by atoms with van der Waals surface area (Å²) in [5.74, 6) is 0. The summed E-state index contributed by atoms with van der Waals surface area (Å²) >= 11 is 6.18. The highest BCUT2D eigenvalue weighted by Crippen LogP contribution is 2.26. The molecule has 1 aromatic rings. The molecule has 0 aliphatic rings. The van der Waals surface area contributed by atoms with Crippen LogP contribution in [0, 0.1) is 0 Å². The minimum absolute atomic E-state index is 0.0142. The number of alkyl halides is 1. The summed E-state index contributed by atoms with van der Waals surface area (Å²) in [6.07, 6.45) is 0.966. The molecule has 3 nitrogen and oxygen atoms in total. The van der Waals surface area contributed by atoms with Gasteiger partial charge in [-0.15, -0.1) is 0 Å². The maximum absolute atomic E-state index is 13.9. The number of aryl methyl sites for hydroxylation is 2. The van der Waals surface area contributed by atoms with Crippen LogP contribution in [0.15, 0.2) is 0 Å². The Bertz CT molecular complexity index is 360. The zero-order chi connectivity index (χ0) is 12.3. The van der Waals surface area contributed by atoms with Gasteiger partial charge in [-0.1, -0.05) is 18.5 Å². The molecule has 1 rings (SSSR count). The van der Waals surface area contributed by atoms with Crippen LogP contribution in [0.4, 0.5) is 4.39 Å². The summed E-state index contributed by atoms with van der Waals surface area (Å²) in [4.78, 5) is 0. The zero-order valence-corrected chi connectivity index (χ0v) is 10.8. The lowest BCUT2D eigenvalue weighted by Gasteiger charge is -2.18. The van der Waals surface area contributed by atoms with Crippen LogP contribution in [0.3, 0.4) is 0 Å². The fourth-order valence-electron chi connectivity index (χ4n) is 1.61. The first-order valence-corrected chi connectivity index (χ1v) is 5.96. The lowest BCUT2D eigenvalue weighted by atomic mass is 10.0. The van der Waals surface area contributed by atoms with E-state index in [2.05, 4.69) is 5.10 Å². The van der Waals surface area contributed by atoms with Crippen molar-refractivity contribution in [2.45, 2.75) is 45.8 Å². The first-order valence-electron chi connectivity index (χ1n) is 5.58. The normalized spacial score (nSPS) is 15.1. The van der Waals surface area contributed by atoms with Gasteiger partial charge in [0.2, 0.25) is 0 Å². The summed E-state index contributed by atoms with van der Waals surface area (Å²) in [5, 5.41) is 4.93. The van der Waals surface area contributed by atoms with E-state index in [0.29, 0.717) is 11.6 Å². The molecule has 0 aliphatic carbocycles. The van der Waals surface area contributed by atoms with Crippen LogP contribution in [0.2, 0.25) is 5.02 Å². The van der Waals surface area contributed by atoms with Crippen LogP contribution in [0.5, 0.6) is 0 Å². The fourth-order valence-corrected chi connectivity index (χ4v) is 1.94. The molecule has 0 saturated carbocycles. The van der Waals surface area contributed by atoms with Crippen molar-refractivity contribution in [3.05, 3.63) is 16.4 Å². The summed E-state index contributed by atoms with van der Waals surface area (Å²) in [6, 6.07) is 0. The molecule has 0 aromatic carbocycles. The number of nitrogens with zero attached hydrogens (tertiary/aromatic N) is 2. The third kappa shape index (κ3) is 2.74. The average Bonchev–Trinajstić information content (AvgIpc) is 2.55. The topological polar surface area (TPSA) is 43.8 Å². The zero-order valence-electron chi connectivity index (χ0n) is 10.1. The second-order valence-electron chi connectivity index (χ2n) is 4.17. The van der Waals surface area contributed by atoms with Gasteiger partial charge in [-0.3, -0.25) is 4.68 Å². The molecule has 0 fully saturated rings. The second kappa shape index (κ2) is 5.15. The van der Waals surface area contributed by atoms with E-state index in [-0.39, 0.29) is 13.0 Å². The van der Waals surface area contributed by atoms with E-state index in [9.17, 15) is 4.39 Å². The van der Waals surface area contributed by atoms with Crippen molar-refractivity contribution < 1.29 is 4.39 Å². The molecular weight excluding hydrogens is 229 g/mol. The van der Waals surface area contributed by atoms with Crippen molar-refractivity contribution in [1.29, 1.82) is 0 Å². The van der Waals surface area contributed by atoms with Gasteiger partial charge in [-0.05, 0) is 20.3 Å². The minimum atomic E-state index is -1.43. The summed E-state index contributed by atoms with van der Waals surface area (Å²) in [5.41, 5.74) is 5.53. The minimum Gasteiger partial charge on any atom is -0.328 e. The lowest BCUT2D eigenvalue weighted by molar-refractivity contribution is 0.196. The van der Waals surface area contributed by atoms with Gasteiger partial charge >= 0.3 is 0 Å². The third-order valence-electron chi connectivity index (χ3n) is 2.66. The van der Waals surface area contributed by atoms with Crippen LogP contribution < -0.4 is 5.73 Å². The highest BCUT2D eigenvalue weighted by Gasteiger charge is 2.26. The van der Waals surface area contributed by atoms with E-state index in [1.54, 1.807) is 4.68 Å². The molecule has 1 unspecified atom stereocenters. The Morgan fingerprint density at radius 1 is 1.50 bits per heavy atom. The van der Waals surface area contributed by atoms with Gasteiger partial charge in [0.1, 0.15) is 5.67 Å². The molecule has 0 saturated heterocycles. The van der Waals surface area contributed by atoms with Crippen molar-refractivity contribution in [3.63, 3.8) is 0 Å². The SMILES string of the molecule is CCc1nn(CC)c(CC(C)(F)CN)c1Cl. The molecule has 1 aromatic heterocycles. The first kappa shape index (κ1) is 13.5. The summed E-state index contributed by atoms with van der Waals surface area (Å²) < 4.78 is 15.6. The van der Waals surface area contributed by atoms with Crippen LogP contribution in [-0.4, -0.2) is 22.0 Å². The van der Waals surface area contributed by atoms with E-state index in [0.717, 1.165) is 17.8 Å². The first-order chi connectivity index (χ1) is 7.45. The van der Waals surface area contributed by atoms with Gasteiger partial charge in [0, 0.05) is 19.5 Å². The molecule has 0 amide bonds. The Hall–Kier alpha value is -0.610. The summed E-state index contributed by atoms with van der Waals surface area (Å²) in [6.45, 7) is 6.11. The monoisotopic (exact) mass is 247 g/mol. The molecule has 92 valence electrons. The molecule has 0 radical (unpaired) electrons. The van der Waals surface area contributed by atoms with Crippen molar-refractivity contribution in [2.24, 2.45) is 5.73 Å². The molecule has 2 N–H and O–H groups in total. The summed E-state index contributed by atoms with van der Waals surface area (Å²) in [7, 11) is 0. The van der Waals surface area contributed by atoms with Crippen LogP contribution in [0.25, 0.3) is 0 Å². The highest BCUT2D eigenvalue weighted by atomic mass is 35.5. The van der Waals surface area contributed by atoms with Crippen LogP contribution in [-0.2, 0) is 19.4 Å². The van der Waals surface area contributed by atoms with Crippen molar-refractivity contribution >= 4 is 11.6 Å². The molecule has 0 aliphatic heterocycles. The number of nitrogens with two attached hydrogens (primary N) is 1. The predicted molar refractivity (Wildman–Crippen MR) is 64.6 cm³/mol. The van der Waals surface area contributed by atoms with Crippen LogP contribution >= 0.6 is 11.6 Å². The van der Waals surface area contributed by atoms with Gasteiger partial charge in [0.15, 0.2) is 0 Å². The number of halogens is 2. The number of hydrogen-bond acceptors (Lipinski definition) is 2. The average molecular weight is 248 g/mol. The van der Waals surface area contributed by atoms with E-state index < -0.39 is 5.67 Å². The van der Waals surface area contributed by atoms with Crippen molar-refractivity contribution in [3.8, 4) is 0 Å². The predicted octanol–water partition coefficient (Wildman–Crippen LogP) is 2.35. The standard InChI is InChI=1S/C11H19ClFN3/c1-4-8-10(12)9(16(5-2)15-8)6-11(3,13)7-14/h4-7,14H2,1-3H3. The highest BCUT2D eigenvalue weighted by molar-refractivity contribution is 6.31. The number of aromatic nitrogens is 2. The lowest BCUT2D eigenvalue weighted by Crippen LogP contribution is -2.32. The molecular formula is C11H19ClFN3. The molecule has 0 spiro atoms. The third-order valence-corrected chi connectivity index (χ3v) is 3.09. The van der Waals surface area contributed by atoms with Gasteiger partial charge in [0.05, 0.1) is 16.4 Å². The fraction of sp³-hybridized carbons (Fsp3) is 0.727. The maximum Gasteiger partial charge on any atom is 0.126 e. The Morgan fingerprint density at radius 2 is 2.12 bits per heavy atom. The Labute approximate surface area is 101 Å². The molecule has 16 heavy (non-hydrogen) atoms. The van der Waals surface area contributed by atoms with Gasteiger partial charge < -0.3 is 5.73 Å². The molecule has 0 bridgehead atoms. The maximum atomic E-state index is 13.9. The van der Waals surface area contributed by atoms with Crippen LogP contribution in [0.1, 0.15) is 32.2 Å². The Kier molecular flexibility index (Phi) is 4.33. The second-order valence-corrected chi connectivity index (χ2v) is 4.55. The molecule has 1 atom stereocenters. The van der Waals surface area contributed by atoms with E-state index in [4.69, 9.17) is 17.3 Å². The number of hydrogen-bond donors (Lipinski definition) is 1. The Balaban J connectivity index is 3.06.